The molecule has 0 aliphatic heterocycles. The zero-order valence-corrected chi connectivity index (χ0v) is 12.8. The van der Waals surface area contributed by atoms with Crippen LogP contribution in [0.3, 0.4) is 0 Å². The Morgan fingerprint density at radius 1 is 1.25 bits per heavy atom. The van der Waals surface area contributed by atoms with E-state index in [1.807, 2.05) is 11.8 Å². The molecule has 0 heterocycles. The smallest absolute Gasteiger partial charge is 0.0219 e. The predicted molar refractivity (Wildman–Crippen MR) is 77.1 cm³/mol. The fourth-order valence-corrected chi connectivity index (χ4v) is 2.71. The molecule has 0 saturated heterocycles. The first-order chi connectivity index (χ1) is 7.49. The van der Waals surface area contributed by atoms with Crippen molar-refractivity contribution in [2.24, 2.45) is 0 Å². The summed E-state index contributed by atoms with van der Waals surface area (Å²) in [4.78, 5) is 1.38. The molecular weight excluding hydrogens is 282 g/mol. The van der Waals surface area contributed by atoms with E-state index in [-0.39, 0.29) is 0 Å². The standard InChI is InChI=1S/C13H20BrNS/c1-9(2)15-8-11-7-12(14)5-6-13(11)16-10(3)4/h5-7,9-10,15H,8H2,1-4H3. The second kappa shape index (κ2) is 6.67. The average Bonchev–Trinajstić information content (AvgIpc) is 2.17. The van der Waals surface area contributed by atoms with Crippen LogP contribution < -0.4 is 5.32 Å². The molecule has 90 valence electrons. The van der Waals surface area contributed by atoms with E-state index in [0.717, 1.165) is 11.0 Å². The first-order valence-electron chi connectivity index (χ1n) is 5.67. The summed E-state index contributed by atoms with van der Waals surface area (Å²) in [5.41, 5.74) is 1.38. The molecule has 1 aromatic rings. The van der Waals surface area contributed by atoms with Crippen LogP contribution in [-0.4, -0.2) is 11.3 Å². The van der Waals surface area contributed by atoms with Crippen molar-refractivity contribution in [3.05, 3.63) is 28.2 Å². The zero-order chi connectivity index (χ0) is 12.1. The van der Waals surface area contributed by atoms with Gasteiger partial charge in [0.15, 0.2) is 0 Å². The van der Waals surface area contributed by atoms with Crippen molar-refractivity contribution in [2.75, 3.05) is 0 Å². The lowest BCUT2D eigenvalue weighted by Crippen LogP contribution is -2.22. The second-order valence-electron chi connectivity index (χ2n) is 4.45. The van der Waals surface area contributed by atoms with Crippen LogP contribution >= 0.6 is 27.7 Å². The Hall–Kier alpha value is 0.01000. The Bertz CT molecular complexity index is 337. The number of halogens is 1. The third-order valence-electron chi connectivity index (χ3n) is 2.09. The fourth-order valence-electron chi connectivity index (χ4n) is 1.37. The maximum Gasteiger partial charge on any atom is 0.0219 e. The summed E-state index contributed by atoms with van der Waals surface area (Å²) >= 11 is 5.46. The van der Waals surface area contributed by atoms with Gasteiger partial charge < -0.3 is 5.32 Å². The lowest BCUT2D eigenvalue weighted by molar-refractivity contribution is 0.584. The Labute approximate surface area is 112 Å². The van der Waals surface area contributed by atoms with E-state index in [1.165, 1.54) is 10.5 Å². The number of benzene rings is 1. The van der Waals surface area contributed by atoms with Crippen LogP contribution in [0.2, 0.25) is 0 Å². The van der Waals surface area contributed by atoms with Gasteiger partial charge in [-0.3, -0.25) is 0 Å². The van der Waals surface area contributed by atoms with Crippen molar-refractivity contribution >= 4 is 27.7 Å². The van der Waals surface area contributed by atoms with Crippen LogP contribution in [0.15, 0.2) is 27.6 Å². The van der Waals surface area contributed by atoms with Crippen molar-refractivity contribution in [3.8, 4) is 0 Å². The van der Waals surface area contributed by atoms with Crippen molar-refractivity contribution in [2.45, 2.75) is 50.4 Å². The van der Waals surface area contributed by atoms with Gasteiger partial charge in [0.25, 0.3) is 0 Å². The molecule has 0 aromatic heterocycles. The van der Waals surface area contributed by atoms with Gasteiger partial charge in [-0.2, -0.15) is 0 Å². The van der Waals surface area contributed by atoms with Crippen LogP contribution in [-0.2, 0) is 6.54 Å². The molecule has 0 amide bonds. The Morgan fingerprint density at radius 2 is 1.94 bits per heavy atom. The third kappa shape index (κ3) is 4.89. The highest BCUT2D eigenvalue weighted by Crippen LogP contribution is 2.29. The molecule has 0 fully saturated rings. The van der Waals surface area contributed by atoms with Gasteiger partial charge in [-0.05, 0) is 23.8 Å². The Kier molecular flexibility index (Phi) is 5.87. The molecule has 0 atom stereocenters. The van der Waals surface area contributed by atoms with Crippen molar-refractivity contribution in [1.29, 1.82) is 0 Å². The van der Waals surface area contributed by atoms with E-state index in [4.69, 9.17) is 0 Å². The molecule has 0 aliphatic rings. The van der Waals surface area contributed by atoms with Crippen LogP contribution in [0, 0.1) is 0 Å². The Balaban J connectivity index is 2.81. The number of hydrogen-bond acceptors (Lipinski definition) is 2. The molecular formula is C13H20BrNS. The van der Waals surface area contributed by atoms with E-state index in [2.05, 4.69) is 67.1 Å². The SMILES string of the molecule is CC(C)NCc1cc(Br)ccc1SC(C)C. The largest absolute Gasteiger partial charge is 0.310 e. The van der Waals surface area contributed by atoms with Gasteiger partial charge in [0.1, 0.15) is 0 Å². The lowest BCUT2D eigenvalue weighted by Gasteiger charge is -2.14. The molecule has 16 heavy (non-hydrogen) atoms. The molecule has 0 spiro atoms. The summed E-state index contributed by atoms with van der Waals surface area (Å²) in [6, 6.07) is 7.05. The maximum atomic E-state index is 3.53. The molecule has 0 aliphatic carbocycles. The molecule has 0 unspecified atom stereocenters. The minimum atomic E-state index is 0.524. The molecule has 1 nitrogen and oxygen atoms in total. The van der Waals surface area contributed by atoms with Crippen LogP contribution in [0.4, 0.5) is 0 Å². The first kappa shape index (κ1) is 14.1. The highest BCUT2D eigenvalue weighted by atomic mass is 79.9. The number of rotatable bonds is 5. The van der Waals surface area contributed by atoms with Crippen LogP contribution in [0.1, 0.15) is 33.3 Å². The van der Waals surface area contributed by atoms with Crippen LogP contribution in [0.5, 0.6) is 0 Å². The quantitative estimate of drug-likeness (QED) is 0.807. The number of nitrogens with one attached hydrogen (secondary N) is 1. The minimum absolute atomic E-state index is 0.524. The zero-order valence-electron chi connectivity index (χ0n) is 10.4. The molecule has 1 rings (SSSR count). The van der Waals surface area contributed by atoms with E-state index in [1.54, 1.807) is 0 Å². The normalized spacial score (nSPS) is 11.4. The van der Waals surface area contributed by atoms with Gasteiger partial charge in [-0.25, -0.2) is 0 Å². The monoisotopic (exact) mass is 301 g/mol. The summed E-state index contributed by atoms with van der Waals surface area (Å²) in [7, 11) is 0. The van der Waals surface area contributed by atoms with E-state index in [9.17, 15) is 0 Å². The molecule has 1 N–H and O–H groups in total. The average molecular weight is 302 g/mol. The predicted octanol–water partition coefficient (Wildman–Crippen LogP) is 4.45. The van der Waals surface area contributed by atoms with E-state index >= 15 is 0 Å². The van der Waals surface area contributed by atoms with Crippen molar-refractivity contribution in [3.63, 3.8) is 0 Å². The Morgan fingerprint density at radius 3 is 2.50 bits per heavy atom. The molecule has 0 radical (unpaired) electrons. The molecule has 3 heteroatoms. The second-order valence-corrected chi connectivity index (χ2v) is 6.99. The van der Waals surface area contributed by atoms with Gasteiger partial charge >= 0.3 is 0 Å². The summed E-state index contributed by atoms with van der Waals surface area (Å²) in [5.74, 6) is 0. The summed E-state index contributed by atoms with van der Waals surface area (Å²) in [5, 5.41) is 4.09. The van der Waals surface area contributed by atoms with Gasteiger partial charge in [-0.1, -0.05) is 43.6 Å². The van der Waals surface area contributed by atoms with Gasteiger partial charge in [0.05, 0.1) is 0 Å². The highest BCUT2D eigenvalue weighted by Gasteiger charge is 2.06. The van der Waals surface area contributed by atoms with Gasteiger partial charge in [0, 0.05) is 27.2 Å². The maximum absolute atomic E-state index is 3.53. The van der Waals surface area contributed by atoms with Crippen LogP contribution in [0.25, 0.3) is 0 Å². The highest BCUT2D eigenvalue weighted by molar-refractivity contribution is 9.10. The summed E-state index contributed by atoms with van der Waals surface area (Å²) < 4.78 is 1.15. The lowest BCUT2D eigenvalue weighted by atomic mass is 10.2. The molecule has 0 saturated carbocycles. The minimum Gasteiger partial charge on any atom is -0.310 e. The third-order valence-corrected chi connectivity index (χ3v) is 3.70. The molecule has 0 bridgehead atoms. The topological polar surface area (TPSA) is 12.0 Å². The van der Waals surface area contributed by atoms with E-state index in [0.29, 0.717) is 11.3 Å². The summed E-state index contributed by atoms with van der Waals surface area (Å²) in [6.45, 7) is 9.74. The van der Waals surface area contributed by atoms with E-state index < -0.39 is 0 Å². The van der Waals surface area contributed by atoms with Crippen molar-refractivity contribution < 1.29 is 0 Å². The van der Waals surface area contributed by atoms with Gasteiger partial charge in [-0.15, -0.1) is 11.8 Å². The van der Waals surface area contributed by atoms with Gasteiger partial charge in [0.2, 0.25) is 0 Å². The van der Waals surface area contributed by atoms with Crippen molar-refractivity contribution in [1.82, 2.24) is 5.32 Å². The summed E-state index contributed by atoms with van der Waals surface area (Å²) in [6.07, 6.45) is 0. The fraction of sp³-hybridized carbons (Fsp3) is 0.538. The molecule has 1 aromatic carbocycles. The number of thioether (sulfide) groups is 1. The first-order valence-corrected chi connectivity index (χ1v) is 7.34. The number of hydrogen-bond donors (Lipinski definition) is 1.